The van der Waals surface area contributed by atoms with E-state index in [1.807, 2.05) is 13.8 Å². The molecule has 0 radical (unpaired) electrons. The van der Waals surface area contributed by atoms with Crippen LogP contribution in [0.4, 0.5) is 0 Å². The van der Waals surface area contributed by atoms with Crippen molar-refractivity contribution < 1.29 is 14.7 Å². The highest BCUT2D eigenvalue weighted by atomic mass is 32.2. The van der Waals surface area contributed by atoms with Gasteiger partial charge >= 0.3 is 5.97 Å². The third-order valence-corrected chi connectivity index (χ3v) is 4.38. The van der Waals surface area contributed by atoms with Gasteiger partial charge in [0.15, 0.2) is 0 Å². The molecule has 0 saturated carbocycles. The quantitative estimate of drug-likeness (QED) is 0.770. The molecular weight excluding hydrogens is 226 g/mol. The van der Waals surface area contributed by atoms with E-state index in [0.717, 1.165) is 25.0 Å². The van der Waals surface area contributed by atoms with Crippen molar-refractivity contribution in [3.63, 3.8) is 0 Å². The van der Waals surface area contributed by atoms with E-state index in [1.165, 1.54) is 0 Å². The molecule has 1 heterocycles. The van der Waals surface area contributed by atoms with Crippen molar-refractivity contribution in [3.05, 3.63) is 0 Å². The molecule has 4 nitrogen and oxygen atoms in total. The highest BCUT2D eigenvalue weighted by Crippen LogP contribution is 2.26. The monoisotopic (exact) mass is 245 g/mol. The molecule has 1 amide bonds. The van der Waals surface area contributed by atoms with Gasteiger partial charge in [-0.1, -0.05) is 20.3 Å². The number of hydrogen-bond donors (Lipinski definition) is 2. The lowest BCUT2D eigenvalue weighted by molar-refractivity contribution is -0.143. The molecule has 2 N–H and O–H groups in total. The zero-order chi connectivity index (χ0) is 12.1. The van der Waals surface area contributed by atoms with E-state index < -0.39 is 12.0 Å². The normalized spacial score (nSPS) is 23.8. The van der Waals surface area contributed by atoms with Gasteiger partial charge in [0, 0.05) is 0 Å². The topological polar surface area (TPSA) is 66.4 Å². The SMILES string of the molecule is CC[C@H](C)[C@H](NC(=O)C1CCCS1)C(=O)O. The molecule has 1 unspecified atom stereocenters. The first kappa shape index (κ1) is 13.4. The summed E-state index contributed by atoms with van der Waals surface area (Å²) in [5.41, 5.74) is 0. The number of rotatable bonds is 5. The van der Waals surface area contributed by atoms with Crippen molar-refractivity contribution >= 4 is 23.6 Å². The van der Waals surface area contributed by atoms with E-state index in [9.17, 15) is 9.59 Å². The summed E-state index contributed by atoms with van der Waals surface area (Å²) in [6.45, 7) is 3.78. The highest BCUT2D eigenvalue weighted by molar-refractivity contribution is 8.00. The first-order valence-corrected chi connectivity index (χ1v) is 6.76. The van der Waals surface area contributed by atoms with E-state index >= 15 is 0 Å². The smallest absolute Gasteiger partial charge is 0.326 e. The van der Waals surface area contributed by atoms with Crippen LogP contribution in [0.5, 0.6) is 0 Å². The van der Waals surface area contributed by atoms with Gasteiger partial charge in [0.25, 0.3) is 0 Å². The standard InChI is InChI=1S/C11H19NO3S/c1-3-7(2)9(11(14)15)12-10(13)8-5-4-6-16-8/h7-9H,3-6H2,1-2H3,(H,12,13)(H,14,15)/t7-,8?,9-/m0/s1. The van der Waals surface area contributed by atoms with Gasteiger partial charge < -0.3 is 10.4 Å². The van der Waals surface area contributed by atoms with Crippen LogP contribution in [-0.4, -0.2) is 34.0 Å². The number of carboxylic acid groups (broad SMARTS) is 1. The minimum atomic E-state index is -0.939. The second-order valence-corrected chi connectivity index (χ2v) is 5.52. The Kier molecular flexibility index (Phi) is 5.12. The molecule has 92 valence electrons. The van der Waals surface area contributed by atoms with Crippen LogP contribution in [-0.2, 0) is 9.59 Å². The molecule has 5 heteroatoms. The summed E-state index contributed by atoms with van der Waals surface area (Å²) in [4.78, 5) is 22.8. The van der Waals surface area contributed by atoms with E-state index in [-0.39, 0.29) is 17.1 Å². The number of thioether (sulfide) groups is 1. The maximum atomic E-state index is 11.8. The third kappa shape index (κ3) is 3.40. The Hall–Kier alpha value is -0.710. The zero-order valence-electron chi connectivity index (χ0n) is 9.73. The fraction of sp³-hybridized carbons (Fsp3) is 0.818. The Bertz CT molecular complexity index is 264. The minimum Gasteiger partial charge on any atom is -0.480 e. The number of hydrogen-bond acceptors (Lipinski definition) is 3. The lowest BCUT2D eigenvalue weighted by Crippen LogP contribution is -2.47. The van der Waals surface area contributed by atoms with Crippen molar-refractivity contribution in [2.75, 3.05) is 5.75 Å². The Morgan fingerprint density at radius 2 is 2.25 bits per heavy atom. The lowest BCUT2D eigenvalue weighted by Gasteiger charge is -2.21. The van der Waals surface area contributed by atoms with Gasteiger partial charge in [-0.15, -0.1) is 11.8 Å². The van der Waals surface area contributed by atoms with Crippen LogP contribution in [0, 0.1) is 5.92 Å². The lowest BCUT2D eigenvalue weighted by atomic mass is 9.99. The Morgan fingerprint density at radius 1 is 1.56 bits per heavy atom. The van der Waals surface area contributed by atoms with E-state index in [0.29, 0.717) is 0 Å². The molecule has 0 spiro atoms. The van der Waals surface area contributed by atoms with Crippen molar-refractivity contribution in [2.24, 2.45) is 5.92 Å². The number of carbonyl (C=O) groups is 2. The van der Waals surface area contributed by atoms with Crippen LogP contribution >= 0.6 is 11.8 Å². The summed E-state index contributed by atoms with van der Waals surface area (Å²) in [6.07, 6.45) is 2.65. The number of carbonyl (C=O) groups excluding carboxylic acids is 1. The number of aliphatic carboxylic acids is 1. The second kappa shape index (κ2) is 6.13. The molecule has 0 aromatic carbocycles. The van der Waals surface area contributed by atoms with Crippen LogP contribution in [0.2, 0.25) is 0 Å². The largest absolute Gasteiger partial charge is 0.480 e. The van der Waals surface area contributed by atoms with E-state index in [2.05, 4.69) is 5.32 Å². The molecule has 0 bridgehead atoms. The van der Waals surface area contributed by atoms with E-state index in [1.54, 1.807) is 11.8 Å². The molecule has 1 saturated heterocycles. The van der Waals surface area contributed by atoms with Gasteiger partial charge in [-0.3, -0.25) is 4.79 Å². The highest BCUT2D eigenvalue weighted by Gasteiger charge is 2.30. The van der Waals surface area contributed by atoms with Gasteiger partial charge in [0.05, 0.1) is 5.25 Å². The van der Waals surface area contributed by atoms with Crippen LogP contribution in [0.25, 0.3) is 0 Å². The molecule has 0 aromatic rings. The van der Waals surface area contributed by atoms with Gasteiger partial charge in [-0.05, 0) is 24.5 Å². The molecule has 1 aliphatic rings. The first-order valence-electron chi connectivity index (χ1n) is 5.71. The van der Waals surface area contributed by atoms with Crippen LogP contribution in [0.15, 0.2) is 0 Å². The van der Waals surface area contributed by atoms with Gasteiger partial charge in [0.2, 0.25) is 5.91 Å². The molecule has 1 fully saturated rings. The summed E-state index contributed by atoms with van der Waals surface area (Å²) >= 11 is 1.62. The van der Waals surface area contributed by atoms with Crippen molar-refractivity contribution in [3.8, 4) is 0 Å². The van der Waals surface area contributed by atoms with E-state index in [4.69, 9.17) is 5.11 Å². The average Bonchev–Trinajstić information content (AvgIpc) is 2.77. The maximum Gasteiger partial charge on any atom is 0.326 e. The predicted octanol–water partition coefficient (Wildman–Crippen LogP) is 1.50. The fourth-order valence-electron chi connectivity index (χ4n) is 1.71. The molecule has 1 aliphatic heterocycles. The van der Waals surface area contributed by atoms with Crippen molar-refractivity contribution in [1.29, 1.82) is 0 Å². The number of carboxylic acids is 1. The van der Waals surface area contributed by atoms with Crippen LogP contribution in [0.1, 0.15) is 33.1 Å². The summed E-state index contributed by atoms with van der Waals surface area (Å²) in [6, 6.07) is -0.751. The van der Waals surface area contributed by atoms with Crippen molar-refractivity contribution in [2.45, 2.75) is 44.4 Å². The maximum absolute atomic E-state index is 11.8. The summed E-state index contributed by atoms with van der Waals surface area (Å²) in [5, 5.41) is 11.6. The van der Waals surface area contributed by atoms with Crippen molar-refractivity contribution in [1.82, 2.24) is 5.32 Å². The number of nitrogens with one attached hydrogen (secondary N) is 1. The number of amides is 1. The summed E-state index contributed by atoms with van der Waals surface area (Å²) in [5.74, 6) is -0.0900. The molecule has 1 rings (SSSR count). The summed E-state index contributed by atoms with van der Waals surface area (Å²) in [7, 11) is 0. The van der Waals surface area contributed by atoms with Crippen LogP contribution in [0.3, 0.4) is 0 Å². The van der Waals surface area contributed by atoms with Gasteiger partial charge in [-0.2, -0.15) is 0 Å². The fourth-order valence-corrected chi connectivity index (χ4v) is 2.88. The molecule has 3 atom stereocenters. The van der Waals surface area contributed by atoms with Crippen LogP contribution < -0.4 is 5.32 Å². The second-order valence-electron chi connectivity index (χ2n) is 4.21. The minimum absolute atomic E-state index is 0.0344. The Balaban J connectivity index is 2.53. The Labute approximate surface area is 100 Å². The Morgan fingerprint density at radius 3 is 2.69 bits per heavy atom. The average molecular weight is 245 g/mol. The molecule has 16 heavy (non-hydrogen) atoms. The van der Waals surface area contributed by atoms with Gasteiger partial charge in [-0.25, -0.2) is 4.79 Å². The molecular formula is C11H19NO3S. The predicted molar refractivity (Wildman–Crippen MR) is 64.5 cm³/mol. The molecule has 0 aliphatic carbocycles. The summed E-state index contributed by atoms with van der Waals surface area (Å²) < 4.78 is 0. The molecule has 0 aromatic heterocycles. The third-order valence-electron chi connectivity index (χ3n) is 3.00. The first-order chi connectivity index (χ1) is 7.56. The van der Waals surface area contributed by atoms with Gasteiger partial charge in [0.1, 0.15) is 6.04 Å². The zero-order valence-corrected chi connectivity index (χ0v) is 10.5.